The maximum absolute atomic E-state index is 13.2. The van der Waals surface area contributed by atoms with Gasteiger partial charge in [0.2, 0.25) is 0 Å². The minimum absolute atomic E-state index is 0.0385. The highest BCUT2D eigenvalue weighted by Crippen LogP contribution is 2.34. The third-order valence-corrected chi connectivity index (χ3v) is 5.42. The number of nitrogens with one attached hydrogen (secondary N) is 1. The molecule has 0 saturated carbocycles. The van der Waals surface area contributed by atoms with Crippen molar-refractivity contribution in [2.75, 3.05) is 0 Å². The lowest BCUT2D eigenvalue weighted by molar-refractivity contribution is 0.613. The lowest BCUT2D eigenvalue weighted by Crippen LogP contribution is -2.10. The van der Waals surface area contributed by atoms with Gasteiger partial charge in [0, 0.05) is 32.6 Å². The number of H-pyrrole nitrogens is 1. The van der Waals surface area contributed by atoms with Crippen molar-refractivity contribution in [2.24, 2.45) is 0 Å². The minimum atomic E-state index is 0.0385. The van der Waals surface area contributed by atoms with Gasteiger partial charge >= 0.3 is 0 Å². The zero-order valence-corrected chi connectivity index (χ0v) is 16.8. The molecular weight excluding hydrogens is 390 g/mol. The van der Waals surface area contributed by atoms with Crippen LogP contribution in [0.2, 0.25) is 0 Å². The molecule has 0 aliphatic rings. The largest absolute Gasteiger partial charge is 0.456 e. The molecule has 4 rings (SSSR count). The van der Waals surface area contributed by atoms with E-state index in [4.69, 9.17) is 4.42 Å². The summed E-state index contributed by atoms with van der Waals surface area (Å²) >= 11 is 3.62. The Kier molecular flexibility index (Phi) is 4.03. The molecule has 0 amide bonds. The Hall–Kier alpha value is -2.33. The van der Waals surface area contributed by atoms with E-state index in [-0.39, 0.29) is 10.3 Å². The van der Waals surface area contributed by atoms with E-state index in [0.29, 0.717) is 22.3 Å². The van der Waals surface area contributed by atoms with E-state index in [2.05, 4.69) is 33.0 Å². The normalized spacial score (nSPS) is 12.8. The van der Waals surface area contributed by atoms with E-state index < -0.39 is 0 Å². The predicted octanol–water partition coefficient (Wildman–Crippen LogP) is 6.32. The summed E-state index contributed by atoms with van der Waals surface area (Å²) in [5.41, 5.74) is 6.52. The molecule has 0 radical (unpaired) electrons. The van der Waals surface area contributed by atoms with Crippen molar-refractivity contribution in [1.82, 2.24) is 4.98 Å². The van der Waals surface area contributed by atoms with Crippen molar-refractivity contribution in [2.45, 2.75) is 32.5 Å². The number of benzene rings is 2. The first-order valence-corrected chi connectivity index (χ1v) is 9.59. The molecule has 2 aromatic carbocycles. The Morgan fingerprint density at radius 2 is 1.85 bits per heavy atom. The van der Waals surface area contributed by atoms with Crippen LogP contribution in [0.1, 0.15) is 34.1 Å². The summed E-state index contributed by atoms with van der Waals surface area (Å²) in [6, 6.07) is 12.1. The van der Waals surface area contributed by atoms with Crippen LogP contribution in [0.15, 0.2) is 45.6 Å². The monoisotopic (exact) mass is 409 g/mol. The van der Waals surface area contributed by atoms with Crippen molar-refractivity contribution in [3.8, 4) is 11.3 Å². The number of aryl methyl sites for hydroxylation is 2. The minimum Gasteiger partial charge on any atom is -0.456 e. The van der Waals surface area contributed by atoms with Crippen LogP contribution in [0.25, 0.3) is 33.2 Å². The molecule has 132 valence electrons. The third-order valence-electron chi connectivity index (χ3n) is 4.96. The zero-order chi connectivity index (χ0) is 18.6. The summed E-state index contributed by atoms with van der Waals surface area (Å²) < 4.78 is 6.23. The lowest BCUT2D eigenvalue weighted by Gasteiger charge is -2.14. The Morgan fingerprint density at radius 1 is 1.08 bits per heavy atom. The second-order valence-corrected chi connectivity index (χ2v) is 8.30. The first kappa shape index (κ1) is 17.1. The van der Waals surface area contributed by atoms with Gasteiger partial charge in [0.15, 0.2) is 5.43 Å². The maximum Gasteiger partial charge on any atom is 0.196 e. The Labute approximate surface area is 160 Å². The van der Waals surface area contributed by atoms with Gasteiger partial charge in [-0.3, -0.25) is 4.79 Å². The molecule has 0 spiro atoms. The fourth-order valence-electron chi connectivity index (χ4n) is 3.71. The molecule has 2 heterocycles. The van der Waals surface area contributed by atoms with Crippen LogP contribution in [-0.2, 0) is 0 Å². The van der Waals surface area contributed by atoms with Crippen molar-refractivity contribution in [1.29, 1.82) is 0 Å². The molecular formula is C22H20BrNO2. The van der Waals surface area contributed by atoms with Gasteiger partial charge < -0.3 is 9.40 Å². The lowest BCUT2D eigenvalue weighted by atomic mass is 9.98. The Balaban J connectivity index is 2.03. The second kappa shape index (κ2) is 6.13. The average Bonchev–Trinajstić information content (AvgIpc) is 2.97. The van der Waals surface area contributed by atoms with E-state index in [0.717, 1.165) is 33.3 Å². The predicted molar refractivity (Wildman–Crippen MR) is 111 cm³/mol. The molecule has 26 heavy (non-hydrogen) atoms. The van der Waals surface area contributed by atoms with Gasteiger partial charge in [0.05, 0.1) is 5.39 Å². The molecule has 0 bridgehead atoms. The van der Waals surface area contributed by atoms with Gasteiger partial charge in [-0.2, -0.15) is 0 Å². The van der Waals surface area contributed by atoms with Crippen LogP contribution in [-0.4, -0.2) is 4.98 Å². The molecule has 4 aromatic rings. The molecule has 1 unspecified atom stereocenters. The second-order valence-electron chi connectivity index (χ2n) is 6.92. The first-order chi connectivity index (χ1) is 12.4. The van der Waals surface area contributed by atoms with E-state index >= 15 is 0 Å². The third kappa shape index (κ3) is 2.60. The number of aromatic amines is 1. The molecule has 0 aliphatic heterocycles. The number of rotatable bonds is 2. The number of fused-ring (bicyclic) bond motifs is 2. The van der Waals surface area contributed by atoms with Gasteiger partial charge in [-0.25, -0.2) is 0 Å². The zero-order valence-electron chi connectivity index (χ0n) is 15.2. The maximum atomic E-state index is 13.2. The van der Waals surface area contributed by atoms with Crippen LogP contribution in [0, 0.1) is 20.8 Å². The Bertz CT molecular complexity index is 1210. The van der Waals surface area contributed by atoms with Crippen molar-refractivity contribution in [3.63, 3.8) is 0 Å². The first-order valence-electron chi connectivity index (χ1n) is 8.67. The fraction of sp³-hybridized carbons (Fsp3) is 0.227. The van der Waals surface area contributed by atoms with Crippen molar-refractivity contribution in [3.05, 3.63) is 69.0 Å². The van der Waals surface area contributed by atoms with Gasteiger partial charge in [0.25, 0.3) is 0 Å². The summed E-state index contributed by atoms with van der Waals surface area (Å²) in [4.78, 5) is 16.6. The number of halogens is 1. The number of hydrogen-bond acceptors (Lipinski definition) is 2. The Morgan fingerprint density at radius 3 is 2.58 bits per heavy atom. The van der Waals surface area contributed by atoms with E-state index in [1.165, 1.54) is 0 Å². The topological polar surface area (TPSA) is 46.0 Å². The van der Waals surface area contributed by atoms with Crippen LogP contribution in [0.4, 0.5) is 0 Å². The van der Waals surface area contributed by atoms with E-state index in [9.17, 15) is 4.79 Å². The highest BCUT2D eigenvalue weighted by Gasteiger charge is 2.19. The van der Waals surface area contributed by atoms with Crippen molar-refractivity contribution < 1.29 is 4.42 Å². The van der Waals surface area contributed by atoms with Crippen LogP contribution in [0.5, 0.6) is 0 Å². The van der Waals surface area contributed by atoms with Crippen molar-refractivity contribution >= 4 is 37.8 Å². The van der Waals surface area contributed by atoms with Crippen LogP contribution >= 0.6 is 15.9 Å². The molecule has 3 nitrogen and oxygen atoms in total. The molecule has 0 saturated heterocycles. The van der Waals surface area contributed by atoms with Gasteiger partial charge in [0.1, 0.15) is 11.3 Å². The summed E-state index contributed by atoms with van der Waals surface area (Å²) in [5.74, 6) is 0.639. The molecule has 1 N–H and O–H groups in total. The molecule has 1 atom stereocenters. The number of aromatic nitrogens is 1. The molecule has 0 aliphatic carbocycles. The molecule has 0 fully saturated rings. The SMILES string of the molecule is Cc1cc2cc(-c3oc4ccc(C)c(C(C)Br)c4c(=O)c3C)ccc2[nH]1. The summed E-state index contributed by atoms with van der Waals surface area (Å²) in [7, 11) is 0. The quantitative estimate of drug-likeness (QED) is 0.393. The van der Waals surface area contributed by atoms with Crippen LogP contribution in [0.3, 0.4) is 0 Å². The highest BCUT2D eigenvalue weighted by atomic mass is 79.9. The average molecular weight is 410 g/mol. The molecule has 2 aromatic heterocycles. The van der Waals surface area contributed by atoms with Crippen LogP contribution < -0.4 is 5.43 Å². The summed E-state index contributed by atoms with van der Waals surface area (Å²) in [6.07, 6.45) is 0. The van der Waals surface area contributed by atoms with E-state index in [1.807, 2.05) is 52.0 Å². The summed E-state index contributed by atoms with van der Waals surface area (Å²) in [6.45, 7) is 7.94. The van der Waals surface area contributed by atoms with Gasteiger partial charge in [-0.15, -0.1) is 0 Å². The standard InChI is InChI=1S/C22H20BrNO2/c1-11-5-8-18-20(19(11)14(4)23)21(25)13(3)22(26-18)15-6-7-17-16(10-15)9-12(2)24-17/h5-10,14,24H,1-4H3. The molecule has 4 heteroatoms. The van der Waals surface area contributed by atoms with Gasteiger partial charge in [-0.05, 0) is 69.2 Å². The highest BCUT2D eigenvalue weighted by molar-refractivity contribution is 9.09. The number of hydrogen-bond donors (Lipinski definition) is 1. The van der Waals surface area contributed by atoms with Gasteiger partial charge in [-0.1, -0.05) is 22.0 Å². The van der Waals surface area contributed by atoms with E-state index in [1.54, 1.807) is 0 Å². The summed E-state index contributed by atoms with van der Waals surface area (Å²) in [5, 5.41) is 1.79. The fourth-order valence-corrected chi connectivity index (χ4v) is 4.30. The smallest absolute Gasteiger partial charge is 0.196 e. The number of alkyl halides is 1.